The molecule has 0 bridgehead atoms. The molecule has 11 nitrogen and oxygen atoms in total. The fraction of sp³-hybridized carbons (Fsp3) is 0.0714. The average Bonchev–Trinajstić information content (AvgIpc) is 1.02. The van der Waals surface area contributed by atoms with Crippen LogP contribution < -0.4 is 0 Å². The van der Waals surface area contributed by atoms with E-state index in [1.54, 1.807) is 17.5 Å². The van der Waals surface area contributed by atoms with Gasteiger partial charge in [-0.1, -0.05) is 140 Å². The van der Waals surface area contributed by atoms with Crippen LogP contribution in [-0.2, 0) is 94.8 Å². The van der Waals surface area contributed by atoms with Crippen LogP contribution in [0.4, 0.5) is 0 Å². The third-order valence-corrected chi connectivity index (χ3v) is 14.5. The van der Waals surface area contributed by atoms with Gasteiger partial charge in [-0.25, -0.2) is 0 Å². The van der Waals surface area contributed by atoms with Crippen LogP contribution in [0, 0.1) is 24.3 Å². The van der Waals surface area contributed by atoms with Gasteiger partial charge in [0.25, 0.3) is 0 Å². The van der Waals surface area contributed by atoms with Gasteiger partial charge >= 0.3 is 0 Å². The van der Waals surface area contributed by atoms with Gasteiger partial charge < -0.3 is 20.3 Å². The number of carbonyl (C=O) groups is 3. The van der Waals surface area contributed by atoms with Crippen LogP contribution in [-0.4, -0.2) is 57.6 Å². The van der Waals surface area contributed by atoms with E-state index >= 15 is 0 Å². The third-order valence-electron chi connectivity index (χ3n) is 13.5. The van der Waals surface area contributed by atoms with E-state index in [2.05, 4.69) is 125 Å². The first-order valence-electron chi connectivity index (χ1n) is 30.6. The summed E-state index contributed by atoms with van der Waals surface area (Å²) in [6.45, 7) is 8.54. The van der Waals surface area contributed by atoms with Crippen LogP contribution in [0.5, 0.6) is 0 Å². The molecule has 0 saturated heterocycles. The van der Waals surface area contributed by atoms with Crippen LogP contribution in [0.15, 0.2) is 309 Å². The first kappa shape index (κ1) is 82.9. The Bertz CT molecular complexity index is 4690. The van der Waals surface area contributed by atoms with E-state index in [1.165, 1.54) is 91.8 Å². The van der Waals surface area contributed by atoms with E-state index < -0.39 is 0 Å². The van der Waals surface area contributed by atoms with Crippen LogP contribution in [0.3, 0.4) is 0 Å². The van der Waals surface area contributed by atoms with Gasteiger partial charge in [0.05, 0.1) is 45.0 Å². The molecule has 10 aromatic carbocycles. The molecule has 4 aromatic heterocycles. The number of nitrogens with zero attached hydrogens (tertiary/aromatic N) is 5. The number of benzene rings is 10. The second-order valence-electron chi connectivity index (χ2n) is 21.4. The maximum Gasteiger partial charge on any atom is 0.155 e. The SMILES string of the molecule is CC(=O)C=C(C)O.CC(=O)C=C(C)O.CC(=O)C=C(C)O.[Ir].[Ir].[Ir].[Ir].[c-]1ccc(-c2ccccc2)cc1-c1ccccn1.[c-]1ccccc1-c1nc2ccccc2c2ccccc12.[c-]1ccccc1-c1nc2ccccc2nc1-c1ccccc1.[c-]1ccccc1-c1nc2ccccc2s1. The number of allylic oxidation sites excluding steroid dienone is 6. The van der Waals surface area contributed by atoms with Crippen molar-refractivity contribution in [3.05, 3.63) is 333 Å². The van der Waals surface area contributed by atoms with E-state index in [9.17, 15) is 14.4 Å². The van der Waals surface area contributed by atoms with Crippen molar-refractivity contribution < 1.29 is 110 Å². The summed E-state index contributed by atoms with van der Waals surface area (Å²) in [5, 5.41) is 29.7. The number of hydrogen-bond acceptors (Lipinski definition) is 12. The Labute approximate surface area is 642 Å². The molecule has 14 aromatic rings. The van der Waals surface area contributed by atoms with Gasteiger partial charge in [-0.2, -0.15) is 11.3 Å². The standard InChI is InChI=1S/C20H13N2.C19H12N.C17H12N.C13H8NS.3C5H8O2.4Ir/c1-3-9-15(10-4-1)19-20(16-11-5-2-6-12-16)22-18-14-8-7-13-17(18)21-19;1-2-8-14(9-3-1)19-17-12-5-4-10-15(17)16-11-6-7-13-18(16)20-19;1-2-7-14(8-3-1)15-9-6-10-16(13-15)17-11-4-5-12-18-17;1-2-6-10(7-3-1)13-14-11-8-4-5-9-12(11)15-13;3*1-4(6)3-5(2)7;;;;/h1-11,13-14H;1-8,10-13H;1-9,11-13H;1-6,8-9H;3*3,6H,1-2H3;;;;/q4*-1;;;;;;;. The molecular formula is C84H69Ir4N5O6S-4. The summed E-state index contributed by atoms with van der Waals surface area (Å²) < 4.78 is 1.23. The molecule has 0 aliphatic carbocycles. The number of thiazole rings is 1. The molecule has 100 heavy (non-hydrogen) atoms. The van der Waals surface area contributed by atoms with Gasteiger partial charge in [0.15, 0.2) is 17.3 Å². The summed E-state index contributed by atoms with van der Waals surface area (Å²) in [5.74, 6) is -0.187. The number of para-hydroxylation sites is 4. The maximum atomic E-state index is 10.0. The fourth-order valence-corrected chi connectivity index (χ4v) is 10.5. The predicted molar refractivity (Wildman–Crippen MR) is 392 cm³/mol. The van der Waals surface area contributed by atoms with Gasteiger partial charge in [0, 0.05) is 126 Å². The van der Waals surface area contributed by atoms with Gasteiger partial charge in [-0.3, -0.25) is 34.3 Å². The van der Waals surface area contributed by atoms with Gasteiger partial charge in [0.1, 0.15) is 0 Å². The summed E-state index contributed by atoms with van der Waals surface area (Å²) in [6, 6.07) is 102. The number of ketones is 3. The zero-order valence-corrected chi connectivity index (χ0v) is 65.7. The summed E-state index contributed by atoms with van der Waals surface area (Å²) >= 11 is 1.71. The van der Waals surface area contributed by atoms with Gasteiger partial charge in [0.2, 0.25) is 0 Å². The number of carbonyl (C=O) groups excluding carboxylic acids is 3. The molecule has 0 amide bonds. The Kier molecular flexibility index (Phi) is 36.3. The minimum absolute atomic E-state index is 0. The molecular weight excluding hydrogens is 1980 g/mol. The maximum absolute atomic E-state index is 10.0. The van der Waals surface area contributed by atoms with Crippen molar-refractivity contribution in [2.24, 2.45) is 0 Å². The van der Waals surface area contributed by atoms with Crippen LogP contribution in [0.25, 0.3) is 110 Å². The molecule has 3 N–H and O–H groups in total. The quantitative estimate of drug-likeness (QED) is 0.0542. The number of hydrogen-bond donors (Lipinski definition) is 3. The Morgan fingerprint density at radius 1 is 0.340 bits per heavy atom. The molecule has 0 fully saturated rings. The second kappa shape index (κ2) is 43.8. The van der Waals surface area contributed by atoms with Crippen molar-refractivity contribution in [3.63, 3.8) is 0 Å². The monoisotopic (exact) mass is 2050 g/mol. The zero-order valence-electron chi connectivity index (χ0n) is 55.3. The number of aromatic nitrogens is 5. The molecule has 0 spiro atoms. The van der Waals surface area contributed by atoms with E-state index in [-0.39, 0.29) is 115 Å². The van der Waals surface area contributed by atoms with E-state index in [0.29, 0.717) is 0 Å². The molecule has 512 valence electrons. The minimum Gasteiger partial charge on any atom is -0.512 e. The molecule has 14 rings (SSSR count). The number of aliphatic hydroxyl groups is 3. The zero-order chi connectivity index (χ0) is 68.0. The van der Waals surface area contributed by atoms with Gasteiger partial charge in [-0.15, -0.1) is 143 Å². The Morgan fingerprint density at radius 2 is 0.750 bits per heavy atom. The van der Waals surface area contributed by atoms with Crippen LogP contribution >= 0.6 is 11.3 Å². The van der Waals surface area contributed by atoms with Crippen molar-refractivity contribution in [2.45, 2.75) is 41.5 Å². The molecule has 0 atom stereocenters. The molecule has 0 saturated carbocycles. The molecule has 0 aliphatic rings. The van der Waals surface area contributed by atoms with Crippen LogP contribution in [0.1, 0.15) is 41.5 Å². The Balaban J connectivity index is 0.000000257. The predicted octanol–water partition coefficient (Wildman–Crippen LogP) is 20.7. The molecule has 0 unspecified atom stereocenters. The Morgan fingerprint density at radius 3 is 1.23 bits per heavy atom. The molecule has 4 heterocycles. The Hall–Kier alpha value is -9.52. The average molecular weight is 2050 g/mol. The van der Waals surface area contributed by atoms with E-state index in [0.717, 1.165) is 77.7 Å². The number of aliphatic hydroxyl groups excluding tert-OH is 3. The largest absolute Gasteiger partial charge is 0.512 e. The summed E-state index contributed by atoms with van der Waals surface area (Å²) in [4.78, 5) is 53.5. The second-order valence-corrected chi connectivity index (χ2v) is 22.4. The molecule has 16 heteroatoms. The van der Waals surface area contributed by atoms with E-state index in [1.807, 2.05) is 176 Å². The van der Waals surface area contributed by atoms with E-state index in [4.69, 9.17) is 30.3 Å². The molecule has 0 aliphatic heterocycles. The first-order chi connectivity index (χ1) is 46.6. The van der Waals surface area contributed by atoms with Crippen LogP contribution in [0.2, 0.25) is 0 Å². The summed E-state index contributed by atoms with van der Waals surface area (Å²) in [5.41, 5.74) is 15.2. The number of fused-ring (bicyclic) bond motifs is 5. The topological polar surface area (TPSA) is 176 Å². The number of pyridine rings is 2. The fourth-order valence-electron chi connectivity index (χ4n) is 9.52. The van der Waals surface area contributed by atoms with Crippen molar-refractivity contribution in [3.8, 4) is 66.7 Å². The number of rotatable bonds is 9. The van der Waals surface area contributed by atoms with Crippen molar-refractivity contribution >= 4 is 71.6 Å². The minimum atomic E-state index is -0.125. The van der Waals surface area contributed by atoms with Crippen molar-refractivity contribution in [1.29, 1.82) is 0 Å². The van der Waals surface area contributed by atoms with Crippen molar-refractivity contribution in [2.75, 3.05) is 0 Å². The normalized spacial score (nSPS) is 10.4. The van der Waals surface area contributed by atoms with Crippen molar-refractivity contribution in [1.82, 2.24) is 24.9 Å². The van der Waals surface area contributed by atoms with Gasteiger partial charge in [-0.05, 0) is 111 Å². The summed E-state index contributed by atoms with van der Waals surface area (Å²) in [7, 11) is 0. The summed E-state index contributed by atoms with van der Waals surface area (Å²) in [6.07, 6.45) is 5.30. The molecule has 4 radical (unpaired) electrons. The smallest absolute Gasteiger partial charge is 0.155 e. The third kappa shape index (κ3) is 26.3. The first-order valence-corrected chi connectivity index (χ1v) is 31.4.